The maximum absolute atomic E-state index is 13.0. The van der Waals surface area contributed by atoms with Gasteiger partial charge in [-0.25, -0.2) is 0 Å². The lowest BCUT2D eigenvalue weighted by atomic mass is 9.88. The van der Waals surface area contributed by atoms with E-state index in [1.165, 1.54) is 0 Å². The first-order valence-electron chi connectivity index (χ1n) is 8.36. The van der Waals surface area contributed by atoms with Crippen molar-refractivity contribution < 1.29 is 19.1 Å². The van der Waals surface area contributed by atoms with Crippen LogP contribution in [-0.4, -0.2) is 38.2 Å². The molecule has 2 aliphatic rings. The van der Waals surface area contributed by atoms with E-state index < -0.39 is 5.92 Å². The third-order valence-electron chi connectivity index (χ3n) is 4.99. The van der Waals surface area contributed by atoms with Gasteiger partial charge in [0.2, 0.25) is 11.8 Å². The maximum atomic E-state index is 13.0. The van der Waals surface area contributed by atoms with Crippen LogP contribution < -0.4 is 15.4 Å². The molecule has 6 nitrogen and oxygen atoms in total. The topological polar surface area (TPSA) is 76.7 Å². The molecule has 0 radical (unpaired) electrons. The van der Waals surface area contributed by atoms with Gasteiger partial charge in [0.1, 0.15) is 5.75 Å². The van der Waals surface area contributed by atoms with E-state index in [0.29, 0.717) is 18.0 Å². The Morgan fingerprint density at radius 1 is 1.33 bits per heavy atom. The number of hydrogen-bond acceptors (Lipinski definition) is 4. The van der Waals surface area contributed by atoms with E-state index in [1.54, 1.807) is 20.3 Å². The summed E-state index contributed by atoms with van der Waals surface area (Å²) in [5.41, 5.74) is 1.10. The molecule has 2 amide bonds. The minimum atomic E-state index is -0.502. The van der Waals surface area contributed by atoms with Gasteiger partial charge in [-0.1, -0.05) is 25.0 Å². The van der Waals surface area contributed by atoms with Crippen molar-refractivity contribution in [2.75, 3.05) is 26.1 Å². The SMILES string of the molecule is COCC1(NC(=O)[C@@H]2CC(=O)Nc3c(OC)cccc32)CCCC1. The molecule has 1 aromatic carbocycles. The Labute approximate surface area is 141 Å². The summed E-state index contributed by atoms with van der Waals surface area (Å²) in [6.45, 7) is 0.503. The molecule has 1 heterocycles. The highest BCUT2D eigenvalue weighted by molar-refractivity contribution is 6.02. The first-order valence-corrected chi connectivity index (χ1v) is 8.36. The summed E-state index contributed by atoms with van der Waals surface area (Å²) >= 11 is 0. The molecule has 0 saturated heterocycles. The Morgan fingerprint density at radius 2 is 2.08 bits per heavy atom. The quantitative estimate of drug-likeness (QED) is 0.866. The number of benzene rings is 1. The Balaban J connectivity index is 1.87. The molecule has 130 valence electrons. The average molecular weight is 332 g/mol. The molecule has 2 N–H and O–H groups in total. The van der Waals surface area contributed by atoms with Crippen LogP contribution in [0.5, 0.6) is 5.75 Å². The molecule has 24 heavy (non-hydrogen) atoms. The summed E-state index contributed by atoms with van der Waals surface area (Å²) in [6.07, 6.45) is 4.14. The van der Waals surface area contributed by atoms with Gasteiger partial charge in [0.05, 0.1) is 30.9 Å². The molecular formula is C18H24N2O4. The zero-order valence-corrected chi connectivity index (χ0v) is 14.2. The van der Waals surface area contributed by atoms with Crippen LogP contribution in [0.4, 0.5) is 5.69 Å². The highest BCUT2D eigenvalue weighted by Gasteiger charge is 2.39. The largest absolute Gasteiger partial charge is 0.495 e. The molecular weight excluding hydrogens is 308 g/mol. The van der Waals surface area contributed by atoms with Crippen molar-refractivity contribution in [3.63, 3.8) is 0 Å². The predicted octanol–water partition coefficient (Wildman–Crippen LogP) is 2.20. The van der Waals surface area contributed by atoms with E-state index in [0.717, 1.165) is 31.2 Å². The second kappa shape index (κ2) is 6.81. The predicted molar refractivity (Wildman–Crippen MR) is 90.2 cm³/mol. The first kappa shape index (κ1) is 16.8. The van der Waals surface area contributed by atoms with Gasteiger partial charge < -0.3 is 20.1 Å². The number of para-hydroxylation sites is 1. The van der Waals surface area contributed by atoms with E-state index in [1.807, 2.05) is 12.1 Å². The zero-order valence-electron chi connectivity index (χ0n) is 14.2. The molecule has 1 aromatic rings. The van der Waals surface area contributed by atoms with Crippen molar-refractivity contribution in [2.45, 2.75) is 43.6 Å². The van der Waals surface area contributed by atoms with Crippen molar-refractivity contribution >= 4 is 17.5 Å². The van der Waals surface area contributed by atoms with E-state index in [9.17, 15) is 9.59 Å². The standard InChI is InChI=1S/C18H24N2O4/c1-23-11-18(8-3-4-9-18)20-17(22)13-10-15(21)19-16-12(13)6-5-7-14(16)24-2/h5-7,13H,3-4,8-11H2,1-2H3,(H,19,21)(H,20,22)/t13-/m1/s1. The van der Waals surface area contributed by atoms with Gasteiger partial charge in [-0.05, 0) is 24.5 Å². The third-order valence-corrected chi connectivity index (χ3v) is 4.99. The molecule has 1 atom stereocenters. The summed E-state index contributed by atoms with van der Waals surface area (Å²) < 4.78 is 10.6. The van der Waals surface area contributed by atoms with Gasteiger partial charge in [-0.2, -0.15) is 0 Å². The summed E-state index contributed by atoms with van der Waals surface area (Å²) in [7, 11) is 3.21. The van der Waals surface area contributed by atoms with Crippen LogP contribution in [0.3, 0.4) is 0 Å². The minimum absolute atomic E-state index is 0.113. The molecule has 0 aromatic heterocycles. The van der Waals surface area contributed by atoms with Crippen LogP contribution in [0.1, 0.15) is 43.6 Å². The molecule has 3 rings (SSSR count). The number of ether oxygens (including phenoxy) is 2. The number of carbonyl (C=O) groups excluding carboxylic acids is 2. The number of methoxy groups -OCH3 is 2. The van der Waals surface area contributed by atoms with Crippen molar-refractivity contribution in [2.24, 2.45) is 0 Å². The van der Waals surface area contributed by atoms with Crippen molar-refractivity contribution in [3.8, 4) is 5.75 Å². The second-order valence-electron chi connectivity index (χ2n) is 6.64. The number of anilines is 1. The second-order valence-corrected chi connectivity index (χ2v) is 6.64. The minimum Gasteiger partial charge on any atom is -0.495 e. The number of rotatable bonds is 5. The number of carbonyl (C=O) groups is 2. The molecule has 1 fully saturated rings. The van der Waals surface area contributed by atoms with Crippen molar-refractivity contribution in [1.29, 1.82) is 0 Å². The van der Waals surface area contributed by atoms with Gasteiger partial charge in [0.25, 0.3) is 0 Å². The number of nitrogens with one attached hydrogen (secondary N) is 2. The molecule has 1 aliphatic carbocycles. The smallest absolute Gasteiger partial charge is 0.228 e. The monoisotopic (exact) mass is 332 g/mol. The summed E-state index contributed by atoms with van der Waals surface area (Å²) in [5, 5.41) is 6.00. The van der Waals surface area contributed by atoms with Gasteiger partial charge in [-0.3, -0.25) is 9.59 Å². The fraction of sp³-hybridized carbons (Fsp3) is 0.556. The average Bonchev–Trinajstić information content (AvgIpc) is 3.02. The highest BCUT2D eigenvalue weighted by atomic mass is 16.5. The van der Waals surface area contributed by atoms with Gasteiger partial charge in [0, 0.05) is 13.5 Å². The molecule has 0 bridgehead atoms. The van der Waals surface area contributed by atoms with E-state index >= 15 is 0 Å². The lowest BCUT2D eigenvalue weighted by molar-refractivity contribution is -0.128. The van der Waals surface area contributed by atoms with Gasteiger partial charge >= 0.3 is 0 Å². The Bertz CT molecular complexity index is 638. The van der Waals surface area contributed by atoms with E-state index in [-0.39, 0.29) is 23.8 Å². The molecule has 1 saturated carbocycles. The lowest BCUT2D eigenvalue weighted by Gasteiger charge is -2.33. The first-order chi connectivity index (χ1) is 11.6. The maximum Gasteiger partial charge on any atom is 0.228 e. The highest BCUT2D eigenvalue weighted by Crippen LogP contribution is 2.39. The van der Waals surface area contributed by atoms with Crippen LogP contribution in [0.2, 0.25) is 0 Å². The fourth-order valence-corrected chi connectivity index (χ4v) is 3.84. The molecule has 1 aliphatic heterocycles. The van der Waals surface area contributed by atoms with Gasteiger partial charge in [-0.15, -0.1) is 0 Å². The molecule has 0 unspecified atom stereocenters. The van der Waals surface area contributed by atoms with Gasteiger partial charge in [0.15, 0.2) is 0 Å². The zero-order chi connectivity index (χ0) is 17.2. The van der Waals surface area contributed by atoms with Crippen LogP contribution in [0.15, 0.2) is 18.2 Å². The Morgan fingerprint density at radius 3 is 2.75 bits per heavy atom. The number of hydrogen-bond donors (Lipinski definition) is 2. The van der Waals surface area contributed by atoms with Crippen LogP contribution >= 0.6 is 0 Å². The third kappa shape index (κ3) is 3.11. The van der Waals surface area contributed by atoms with Crippen LogP contribution in [0, 0.1) is 0 Å². The van der Waals surface area contributed by atoms with Crippen molar-refractivity contribution in [1.82, 2.24) is 5.32 Å². The fourth-order valence-electron chi connectivity index (χ4n) is 3.84. The van der Waals surface area contributed by atoms with Crippen LogP contribution in [-0.2, 0) is 14.3 Å². The van der Waals surface area contributed by atoms with E-state index in [2.05, 4.69) is 10.6 Å². The Kier molecular flexibility index (Phi) is 4.76. The summed E-state index contributed by atoms with van der Waals surface area (Å²) in [4.78, 5) is 25.0. The molecule has 6 heteroatoms. The summed E-state index contributed by atoms with van der Waals surface area (Å²) in [5.74, 6) is -0.207. The Hall–Kier alpha value is -2.08. The van der Waals surface area contributed by atoms with E-state index in [4.69, 9.17) is 9.47 Å². The number of fused-ring (bicyclic) bond motifs is 1. The normalized spacial score (nSPS) is 21.8. The van der Waals surface area contributed by atoms with Crippen LogP contribution in [0.25, 0.3) is 0 Å². The molecule has 0 spiro atoms. The number of amides is 2. The van der Waals surface area contributed by atoms with Crippen molar-refractivity contribution in [3.05, 3.63) is 23.8 Å². The summed E-state index contributed by atoms with van der Waals surface area (Å²) in [6, 6.07) is 5.50. The lowest BCUT2D eigenvalue weighted by Crippen LogP contribution is -2.51.